The standard InChI is InChI=1S/C30H32FN3O3/c1-21(2)37-27-14-7-9-23(17-27)20-32-16-15-30(19-22(32)3)28(35)33(25-11-5-4-6-12-25)29(36)34(30)26-13-8-10-24(31)18-26/h4-14,17-18,21-22H,15-16,19-20H2,1-3H3/t22-,30+/m0/s1. The van der Waals surface area contributed by atoms with Crippen LogP contribution in [0, 0.1) is 5.82 Å². The monoisotopic (exact) mass is 501 g/mol. The molecule has 0 aliphatic carbocycles. The number of anilines is 2. The maximum absolute atomic E-state index is 14.3. The highest BCUT2D eigenvalue weighted by Crippen LogP contribution is 2.44. The van der Waals surface area contributed by atoms with Crippen LogP contribution in [0.2, 0.25) is 0 Å². The van der Waals surface area contributed by atoms with Crippen molar-refractivity contribution in [1.29, 1.82) is 0 Å². The van der Waals surface area contributed by atoms with E-state index in [0.717, 1.165) is 11.3 Å². The molecule has 37 heavy (non-hydrogen) atoms. The molecule has 0 bridgehead atoms. The molecule has 2 atom stereocenters. The summed E-state index contributed by atoms with van der Waals surface area (Å²) in [6.45, 7) is 7.41. The molecule has 1 spiro atoms. The zero-order valence-corrected chi connectivity index (χ0v) is 21.4. The topological polar surface area (TPSA) is 53.1 Å². The minimum atomic E-state index is -1.08. The van der Waals surface area contributed by atoms with Crippen molar-refractivity contribution < 1.29 is 18.7 Å². The van der Waals surface area contributed by atoms with Crippen molar-refractivity contribution in [1.82, 2.24) is 4.90 Å². The van der Waals surface area contributed by atoms with Gasteiger partial charge in [0.05, 0.1) is 11.8 Å². The van der Waals surface area contributed by atoms with Gasteiger partial charge in [-0.25, -0.2) is 14.1 Å². The lowest BCUT2D eigenvalue weighted by atomic mass is 9.81. The molecule has 0 N–H and O–H groups in total. The Hall–Kier alpha value is -3.71. The van der Waals surface area contributed by atoms with E-state index >= 15 is 0 Å². The predicted octanol–water partition coefficient (Wildman–Crippen LogP) is 6.01. The molecule has 3 aromatic carbocycles. The number of carbonyl (C=O) groups excluding carboxylic acids is 2. The molecule has 3 amide bonds. The maximum atomic E-state index is 14.3. The highest BCUT2D eigenvalue weighted by atomic mass is 19.1. The van der Waals surface area contributed by atoms with Crippen molar-refractivity contribution in [2.45, 2.75) is 57.8 Å². The number of carbonyl (C=O) groups is 2. The summed E-state index contributed by atoms with van der Waals surface area (Å²) in [4.78, 5) is 32.9. The molecule has 7 heteroatoms. The second-order valence-electron chi connectivity index (χ2n) is 10.2. The van der Waals surface area contributed by atoms with E-state index < -0.39 is 17.4 Å². The van der Waals surface area contributed by atoms with Gasteiger partial charge >= 0.3 is 6.03 Å². The Kier molecular flexibility index (Phi) is 6.73. The molecule has 0 unspecified atom stereocenters. The van der Waals surface area contributed by atoms with Crippen LogP contribution in [0.1, 0.15) is 39.2 Å². The molecule has 2 heterocycles. The summed E-state index contributed by atoms with van der Waals surface area (Å²) in [6, 6.07) is 22.5. The van der Waals surface area contributed by atoms with Gasteiger partial charge in [0.2, 0.25) is 0 Å². The number of hydrogen-bond acceptors (Lipinski definition) is 4. The Bertz CT molecular complexity index is 1300. The summed E-state index contributed by atoms with van der Waals surface area (Å²) in [5, 5.41) is 0. The number of urea groups is 1. The Balaban J connectivity index is 1.45. The fourth-order valence-electron chi connectivity index (χ4n) is 5.58. The van der Waals surface area contributed by atoms with Gasteiger partial charge in [-0.3, -0.25) is 14.6 Å². The van der Waals surface area contributed by atoms with E-state index in [2.05, 4.69) is 24.0 Å². The van der Waals surface area contributed by atoms with Crippen LogP contribution in [0.25, 0.3) is 0 Å². The summed E-state index contributed by atoms with van der Waals surface area (Å²) in [7, 11) is 0. The summed E-state index contributed by atoms with van der Waals surface area (Å²) < 4.78 is 20.1. The van der Waals surface area contributed by atoms with E-state index in [-0.39, 0.29) is 18.1 Å². The average molecular weight is 502 g/mol. The molecule has 2 saturated heterocycles. The maximum Gasteiger partial charge on any atom is 0.336 e. The van der Waals surface area contributed by atoms with Crippen molar-refractivity contribution in [2.24, 2.45) is 0 Å². The van der Waals surface area contributed by atoms with Crippen molar-refractivity contribution in [3.63, 3.8) is 0 Å². The number of imide groups is 1. The first-order chi connectivity index (χ1) is 17.8. The summed E-state index contributed by atoms with van der Waals surface area (Å²) in [5.74, 6) is 0.132. The minimum Gasteiger partial charge on any atom is -0.491 e. The summed E-state index contributed by atoms with van der Waals surface area (Å²) in [5.41, 5.74) is 0.964. The number of para-hydroxylation sites is 1. The van der Waals surface area contributed by atoms with E-state index in [0.29, 0.717) is 37.3 Å². The Morgan fingerprint density at radius 2 is 1.70 bits per heavy atom. The van der Waals surface area contributed by atoms with Crippen molar-refractivity contribution in [2.75, 3.05) is 16.3 Å². The lowest BCUT2D eigenvalue weighted by Gasteiger charge is -2.45. The number of benzene rings is 3. The molecule has 5 rings (SSSR count). The van der Waals surface area contributed by atoms with Crippen LogP contribution in [-0.2, 0) is 11.3 Å². The number of hydrogen-bond donors (Lipinski definition) is 0. The van der Waals surface area contributed by atoms with Gasteiger partial charge in [-0.15, -0.1) is 0 Å². The smallest absolute Gasteiger partial charge is 0.336 e. The van der Waals surface area contributed by atoms with E-state index in [9.17, 15) is 14.0 Å². The summed E-state index contributed by atoms with van der Waals surface area (Å²) >= 11 is 0. The lowest BCUT2D eigenvalue weighted by Crippen LogP contribution is -2.59. The number of ether oxygens (including phenoxy) is 1. The average Bonchev–Trinajstić information content (AvgIpc) is 3.07. The molecule has 0 radical (unpaired) electrons. The highest BCUT2D eigenvalue weighted by Gasteiger charge is 2.60. The van der Waals surface area contributed by atoms with E-state index in [1.54, 1.807) is 36.4 Å². The van der Waals surface area contributed by atoms with Crippen molar-refractivity contribution >= 4 is 23.3 Å². The molecule has 0 saturated carbocycles. The van der Waals surface area contributed by atoms with Crippen LogP contribution in [0.4, 0.5) is 20.6 Å². The number of likely N-dealkylation sites (tertiary alicyclic amines) is 1. The van der Waals surface area contributed by atoms with Gasteiger partial charge in [0.1, 0.15) is 17.1 Å². The largest absolute Gasteiger partial charge is 0.491 e. The first kappa shape index (κ1) is 25.0. The van der Waals surface area contributed by atoms with Crippen LogP contribution < -0.4 is 14.5 Å². The lowest BCUT2D eigenvalue weighted by molar-refractivity contribution is -0.123. The van der Waals surface area contributed by atoms with Gasteiger partial charge in [0.15, 0.2) is 0 Å². The third kappa shape index (κ3) is 4.71. The quantitative estimate of drug-likeness (QED) is 0.388. The highest BCUT2D eigenvalue weighted by molar-refractivity contribution is 6.30. The van der Waals surface area contributed by atoms with Crippen LogP contribution in [-0.4, -0.2) is 41.1 Å². The van der Waals surface area contributed by atoms with E-state index in [1.807, 2.05) is 32.0 Å². The van der Waals surface area contributed by atoms with Gasteiger partial charge in [0, 0.05) is 24.8 Å². The molecule has 3 aromatic rings. The number of halogens is 1. The molecule has 6 nitrogen and oxygen atoms in total. The fraction of sp³-hybridized carbons (Fsp3) is 0.333. The predicted molar refractivity (Wildman–Crippen MR) is 142 cm³/mol. The molecular weight excluding hydrogens is 469 g/mol. The number of nitrogens with zero attached hydrogens (tertiary/aromatic N) is 3. The molecule has 2 aliphatic heterocycles. The van der Waals surface area contributed by atoms with Crippen molar-refractivity contribution in [3.05, 3.63) is 90.2 Å². The van der Waals surface area contributed by atoms with Crippen molar-refractivity contribution in [3.8, 4) is 5.75 Å². The SMILES string of the molecule is CC(C)Oc1cccc(CN2CC[C@@]3(C[C@@H]2C)C(=O)N(c2ccccc2)C(=O)N3c2cccc(F)c2)c1. The second-order valence-corrected chi connectivity index (χ2v) is 10.2. The molecular formula is C30H32FN3O3. The van der Waals surface area contributed by atoms with Gasteiger partial charge in [-0.05, 0) is 81.6 Å². The zero-order chi connectivity index (χ0) is 26.2. The number of rotatable bonds is 6. The van der Waals surface area contributed by atoms with E-state index in [4.69, 9.17) is 4.74 Å². The fourth-order valence-corrected chi connectivity index (χ4v) is 5.58. The third-order valence-corrected chi connectivity index (χ3v) is 7.22. The normalized spacial score (nSPS) is 22.4. The van der Waals surface area contributed by atoms with Gasteiger partial charge in [-0.1, -0.05) is 36.4 Å². The van der Waals surface area contributed by atoms with Gasteiger partial charge in [0.25, 0.3) is 5.91 Å². The minimum absolute atomic E-state index is 0.00644. The zero-order valence-electron chi connectivity index (χ0n) is 21.4. The second kappa shape index (κ2) is 9.98. The molecule has 2 fully saturated rings. The molecule has 0 aromatic heterocycles. The molecule has 192 valence electrons. The summed E-state index contributed by atoms with van der Waals surface area (Å²) in [6.07, 6.45) is 0.986. The van der Waals surface area contributed by atoms with Crippen LogP contribution in [0.5, 0.6) is 5.75 Å². The van der Waals surface area contributed by atoms with Gasteiger partial charge in [-0.2, -0.15) is 0 Å². The first-order valence-electron chi connectivity index (χ1n) is 12.8. The first-order valence-corrected chi connectivity index (χ1v) is 12.8. The van der Waals surface area contributed by atoms with Crippen LogP contribution >= 0.6 is 0 Å². The number of amides is 3. The van der Waals surface area contributed by atoms with Crippen LogP contribution in [0.15, 0.2) is 78.9 Å². The third-order valence-electron chi connectivity index (χ3n) is 7.22. The molecule has 2 aliphatic rings. The van der Waals surface area contributed by atoms with Gasteiger partial charge < -0.3 is 4.74 Å². The number of piperidine rings is 1. The van der Waals surface area contributed by atoms with E-state index in [1.165, 1.54) is 21.9 Å². The van der Waals surface area contributed by atoms with Crippen LogP contribution in [0.3, 0.4) is 0 Å². The Morgan fingerprint density at radius 1 is 0.973 bits per heavy atom. The Labute approximate surface area is 217 Å². The Morgan fingerprint density at radius 3 is 2.41 bits per heavy atom.